The Labute approximate surface area is 177 Å². The van der Waals surface area contributed by atoms with Crippen LogP contribution in [0.3, 0.4) is 0 Å². The van der Waals surface area contributed by atoms with Crippen molar-refractivity contribution in [3.05, 3.63) is 46.8 Å². The van der Waals surface area contributed by atoms with E-state index in [1.54, 1.807) is 0 Å². The lowest BCUT2D eigenvalue weighted by Gasteiger charge is -2.28. The Morgan fingerprint density at radius 2 is 1.90 bits per heavy atom. The van der Waals surface area contributed by atoms with Crippen LogP contribution in [-0.2, 0) is 4.79 Å². The number of halogens is 2. The van der Waals surface area contributed by atoms with E-state index in [1.165, 1.54) is 25.5 Å². The molecule has 0 saturated heterocycles. The number of carbonyl (C=O) groups excluding carboxylic acids is 3. The fraction of sp³-hybridized carbons (Fsp3) is 0.400. The standard InChI is InChI=1S/C20H21ClFN5O3/c1-23-16(28)14-15(25-10-24-14)17(29)27-20-6-4-19(9-20,5-7-20)18(30)26-13-3-2-11(22)8-12(13)21/h2-3,8,10H,4-7,9H2,1H3,(H,23,28)(H,24,25)(H,26,30)(H,27,29). The fourth-order valence-electron chi connectivity index (χ4n) is 4.60. The van der Waals surface area contributed by atoms with Crippen LogP contribution >= 0.6 is 11.6 Å². The van der Waals surface area contributed by atoms with Crippen molar-refractivity contribution in [2.45, 2.75) is 37.6 Å². The predicted octanol–water partition coefficient (Wildman–Crippen LogP) is 2.63. The van der Waals surface area contributed by atoms with Crippen LogP contribution in [0.4, 0.5) is 10.1 Å². The topological polar surface area (TPSA) is 116 Å². The highest BCUT2D eigenvalue weighted by Gasteiger charge is 2.58. The maximum Gasteiger partial charge on any atom is 0.272 e. The molecule has 1 aromatic carbocycles. The summed E-state index contributed by atoms with van der Waals surface area (Å²) in [6, 6.07) is 3.82. The Balaban J connectivity index is 1.47. The SMILES string of the molecule is CNC(=O)c1[nH]cnc1C(=O)NC12CCC(C(=O)Nc3ccc(F)cc3Cl)(CC1)C2. The van der Waals surface area contributed by atoms with Crippen molar-refractivity contribution in [3.63, 3.8) is 0 Å². The molecular weight excluding hydrogens is 413 g/mol. The van der Waals surface area contributed by atoms with Crippen molar-refractivity contribution < 1.29 is 18.8 Å². The minimum atomic E-state index is -0.625. The number of H-pyrrole nitrogens is 1. The van der Waals surface area contributed by atoms with E-state index in [4.69, 9.17) is 11.6 Å². The fourth-order valence-corrected chi connectivity index (χ4v) is 4.81. The lowest BCUT2D eigenvalue weighted by Crippen LogP contribution is -2.45. The number of benzene rings is 1. The van der Waals surface area contributed by atoms with Crippen LogP contribution in [0.2, 0.25) is 5.02 Å². The third-order valence-corrected chi connectivity index (χ3v) is 6.50. The lowest BCUT2D eigenvalue weighted by atomic mass is 9.83. The minimum absolute atomic E-state index is 0.0238. The Morgan fingerprint density at radius 3 is 2.57 bits per heavy atom. The highest BCUT2D eigenvalue weighted by atomic mass is 35.5. The zero-order valence-electron chi connectivity index (χ0n) is 16.3. The highest BCUT2D eigenvalue weighted by molar-refractivity contribution is 6.33. The van der Waals surface area contributed by atoms with Gasteiger partial charge in [-0.25, -0.2) is 9.37 Å². The highest BCUT2D eigenvalue weighted by Crippen LogP contribution is 2.57. The van der Waals surface area contributed by atoms with Crippen molar-refractivity contribution >= 4 is 35.0 Å². The van der Waals surface area contributed by atoms with Crippen LogP contribution in [0.15, 0.2) is 24.5 Å². The van der Waals surface area contributed by atoms with E-state index in [0.717, 1.165) is 6.07 Å². The van der Waals surface area contributed by atoms with Crippen molar-refractivity contribution in [1.29, 1.82) is 0 Å². The Bertz CT molecular complexity index is 1030. The Hall–Kier alpha value is -2.94. The summed E-state index contributed by atoms with van der Waals surface area (Å²) in [6.45, 7) is 0. The lowest BCUT2D eigenvalue weighted by molar-refractivity contribution is -0.125. The van der Waals surface area contributed by atoms with Crippen LogP contribution in [0, 0.1) is 11.2 Å². The van der Waals surface area contributed by atoms with Gasteiger partial charge in [-0.15, -0.1) is 0 Å². The second kappa shape index (κ2) is 7.39. The van der Waals surface area contributed by atoms with E-state index in [0.29, 0.717) is 37.8 Å². The molecule has 1 heterocycles. The van der Waals surface area contributed by atoms with Crippen molar-refractivity contribution in [2.75, 3.05) is 12.4 Å². The molecule has 158 valence electrons. The molecule has 2 saturated carbocycles. The van der Waals surface area contributed by atoms with Gasteiger partial charge in [-0.2, -0.15) is 0 Å². The number of nitrogens with one attached hydrogen (secondary N) is 4. The molecule has 2 aromatic rings. The number of hydrogen-bond acceptors (Lipinski definition) is 4. The van der Waals surface area contributed by atoms with Crippen LogP contribution in [-0.4, -0.2) is 40.3 Å². The van der Waals surface area contributed by atoms with Crippen LogP contribution in [0.25, 0.3) is 0 Å². The number of carbonyl (C=O) groups is 3. The molecule has 2 bridgehead atoms. The number of hydrogen-bond donors (Lipinski definition) is 4. The largest absolute Gasteiger partial charge is 0.354 e. The number of amides is 3. The molecule has 0 atom stereocenters. The van der Waals surface area contributed by atoms with Crippen molar-refractivity contribution in [1.82, 2.24) is 20.6 Å². The monoisotopic (exact) mass is 433 g/mol. The van der Waals surface area contributed by atoms with Crippen LogP contribution in [0.5, 0.6) is 0 Å². The first-order chi connectivity index (χ1) is 14.3. The van der Waals surface area contributed by atoms with Gasteiger partial charge in [0.25, 0.3) is 11.8 Å². The molecule has 3 amide bonds. The normalized spacial score (nSPS) is 24.5. The molecule has 2 aliphatic carbocycles. The molecule has 2 aliphatic rings. The zero-order chi connectivity index (χ0) is 21.5. The number of anilines is 1. The summed E-state index contributed by atoms with van der Waals surface area (Å²) >= 11 is 6.03. The Kier molecular flexibility index (Phi) is 5.01. The average Bonchev–Trinajstić information content (AvgIpc) is 3.43. The molecule has 0 spiro atoms. The van der Waals surface area contributed by atoms with E-state index in [-0.39, 0.29) is 22.3 Å². The number of nitrogens with zero attached hydrogens (tertiary/aromatic N) is 1. The van der Waals surface area contributed by atoms with Gasteiger partial charge in [-0.3, -0.25) is 14.4 Å². The van der Waals surface area contributed by atoms with Crippen LogP contribution in [0.1, 0.15) is 53.1 Å². The summed E-state index contributed by atoms with van der Waals surface area (Å²) in [6.07, 6.45) is 4.29. The maximum atomic E-state index is 13.3. The number of fused-ring (bicyclic) bond motifs is 2. The first-order valence-corrected chi connectivity index (χ1v) is 10.00. The quantitative estimate of drug-likeness (QED) is 0.580. The molecule has 4 rings (SSSR count). The summed E-state index contributed by atoms with van der Waals surface area (Å²) < 4.78 is 13.3. The first-order valence-electron chi connectivity index (χ1n) is 9.62. The van der Waals surface area contributed by atoms with Gasteiger partial charge < -0.3 is 20.9 Å². The average molecular weight is 434 g/mol. The number of imidazole rings is 1. The smallest absolute Gasteiger partial charge is 0.272 e. The first kappa shape index (κ1) is 20.3. The summed E-state index contributed by atoms with van der Waals surface area (Å²) in [5, 5.41) is 8.42. The molecular formula is C20H21ClFN5O3. The minimum Gasteiger partial charge on any atom is -0.354 e. The van der Waals surface area contributed by atoms with E-state index in [9.17, 15) is 18.8 Å². The van der Waals surface area contributed by atoms with Gasteiger partial charge in [0.2, 0.25) is 5.91 Å². The molecule has 0 radical (unpaired) electrons. The molecule has 4 N–H and O–H groups in total. The van der Waals surface area contributed by atoms with Gasteiger partial charge in [0, 0.05) is 12.6 Å². The summed E-state index contributed by atoms with van der Waals surface area (Å²) in [5.74, 6) is -1.54. The third kappa shape index (κ3) is 3.43. The van der Waals surface area contributed by atoms with Gasteiger partial charge in [0.05, 0.1) is 22.5 Å². The van der Waals surface area contributed by atoms with Gasteiger partial charge in [-0.05, 0) is 50.3 Å². The number of aromatic amines is 1. The second-order valence-electron chi connectivity index (χ2n) is 7.98. The third-order valence-electron chi connectivity index (χ3n) is 6.19. The maximum absolute atomic E-state index is 13.3. The van der Waals surface area contributed by atoms with Gasteiger partial charge in [0.1, 0.15) is 11.5 Å². The predicted molar refractivity (Wildman–Crippen MR) is 108 cm³/mol. The summed E-state index contributed by atoms with van der Waals surface area (Å²) in [4.78, 5) is 44.4. The molecule has 8 nitrogen and oxygen atoms in total. The van der Waals surface area contributed by atoms with Crippen molar-refractivity contribution in [2.24, 2.45) is 5.41 Å². The molecule has 30 heavy (non-hydrogen) atoms. The molecule has 1 aromatic heterocycles. The zero-order valence-corrected chi connectivity index (χ0v) is 17.0. The summed E-state index contributed by atoms with van der Waals surface area (Å²) in [5.41, 5.74) is -0.675. The number of aromatic nitrogens is 2. The van der Waals surface area contributed by atoms with Gasteiger partial charge in [-0.1, -0.05) is 11.6 Å². The van der Waals surface area contributed by atoms with Crippen LogP contribution < -0.4 is 16.0 Å². The molecule has 10 heteroatoms. The van der Waals surface area contributed by atoms with Gasteiger partial charge in [0.15, 0.2) is 5.69 Å². The van der Waals surface area contributed by atoms with E-state index in [2.05, 4.69) is 25.9 Å². The molecule has 0 unspecified atom stereocenters. The van der Waals surface area contributed by atoms with E-state index < -0.39 is 28.6 Å². The van der Waals surface area contributed by atoms with Crippen molar-refractivity contribution in [3.8, 4) is 0 Å². The van der Waals surface area contributed by atoms with E-state index in [1.807, 2.05) is 0 Å². The Morgan fingerprint density at radius 1 is 1.17 bits per heavy atom. The van der Waals surface area contributed by atoms with E-state index >= 15 is 0 Å². The summed E-state index contributed by atoms with van der Waals surface area (Å²) in [7, 11) is 1.47. The van der Waals surface area contributed by atoms with Gasteiger partial charge >= 0.3 is 0 Å². The number of rotatable bonds is 5. The molecule has 2 fully saturated rings. The molecule has 0 aliphatic heterocycles. The second-order valence-corrected chi connectivity index (χ2v) is 8.38.